The summed E-state index contributed by atoms with van der Waals surface area (Å²) in [6.07, 6.45) is -9.83. The van der Waals surface area contributed by atoms with E-state index in [-0.39, 0.29) is 33.6 Å². The minimum Gasteiger partial charge on any atom is -0.507 e. The van der Waals surface area contributed by atoms with Crippen molar-refractivity contribution < 1.29 is 44.6 Å². The first-order valence-electron chi connectivity index (χ1n) is 16.4. The molecule has 5 rings (SSSR count). The van der Waals surface area contributed by atoms with E-state index in [9.17, 15) is 44.6 Å². The molecule has 0 radical (unpaired) electrons. The van der Waals surface area contributed by atoms with Gasteiger partial charge in [0.2, 0.25) is 0 Å². The molecule has 51 heavy (non-hydrogen) atoms. The number of benzene rings is 5. The number of alkyl halides is 9. The van der Waals surface area contributed by atoms with Gasteiger partial charge < -0.3 is 5.11 Å². The van der Waals surface area contributed by atoms with Crippen LogP contribution in [0.4, 0.5) is 39.5 Å². The number of aromatic hydroxyl groups is 1. The Morgan fingerprint density at radius 2 is 0.961 bits per heavy atom. The van der Waals surface area contributed by atoms with E-state index in [0.717, 1.165) is 72.8 Å². The Morgan fingerprint density at radius 3 is 1.35 bits per heavy atom. The largest absolute Gasteiger partial charge is 0.507 e. The molecule has 272 valence electrons. The molecule has 0 spiro atoms. The lowest BCUT2D eigenvalue weighted by molar-refractivity contribution is -0.138. The summed E-state index contributed by atoms with van der Waals surface area (Å²) in [5.41, 5.74) is -2.98. The topological polar surface area (TPSA) is 20.2 Å². The maximum atomic E-state index is 13.7. The molecule has 0 atom stereocenters. The summed E-state index contributed by atoms with van der Waals surface area (Å²) in [6, 6.07) is 24.3. The highest BCUT2D eigenvalue weighted by Gasteiger charge is 2.38. The van der Waals surface area contributed by atoms with E-state index in [4.69, 9.17) is 0 Å². The van der Waals surface area contributed by atoms with E-state index in [1.54, 1.807) is 6.07 Å². The quantitative estimate of drug-likeness (QED) is 0.0692. The van der Waals surface area contributed by atoms with Crippen molar-refractivity contribution in [3.05, 3.63) is 126 Å². The highest BCUT2D eigenvalue weighted by Crippen LogP contribution is 2.33. The Balaban J connectivity index is 0.000000345. The summed E-state index contributed by atoms with van der Waals surface area (Å²) < 4.78 is 123. The van der Waals surface area contributed by atoms with Crippen molar-refractivity contribution in [1.82, 2.24) is 0 Å². The second-order valence-electron chi connectivity index (χ2n) is 12.7. The number of phenolic OH excluding ortho intramolecular Hbond substituents is 1. The lowest BCUT2D eigenvalue weighted by atomic mass is 9.14. The summed E-state index contributed by atoms with van der Waals surface area (Å²) >= 11 is 0. The number of halogens is 9. The lowest BCUT2D eigenvalue weighted by Gasteiger charge is -2.44. The van der Waals surface area contributed by atoms with Crippen molar-refractivity contribution >= 4 is 44.2 Å². The van der Waals surface area contributed by atoms with Crippen LogP contribution < -0.4 is 16.4 Å². The number of rotatable bonds is 9. The van der Waals surface area contributed by atoms with Gasteiger partial charge in [-0.2, -0.15) is 62.2 Å². The molecule has 0 aliphatic heterocycles. The maximum Gasteiger partial charge on any atom is 0.416 e. The van der Waals surface area contributed by atoms with Gasteiger partial charge in [-0.25, -0.2) is 0 Å². The molecule has 1 nitrogen and oxygen atoms in total. The number of fused-ring (bicyclic) bond motifs is 1. The van der Waals surface area contributed by atoms with Gasteiger partial charge in [-0.05, 0) is 18.2 Å². The van der Waals surface area contributed by atoms with Crippen LogP contribution in [-0.4, -0.2) is 23.8 Å². The van der Waals surface area contributed by atoms with Crippen molar-refractivity contribution in [2.24, 2.45) is 0 Å². The molecular formula is C39H38BF9OS. The molecule has 0 aliphatic carbocycles. The van der Waals surface area contributed by atoms with Crippen LogP contribution in [0.2, 0.25) is 6.32 Å². The van der Waals surface area contributed by atoms with Crippen LogP contribution in [0.3, 0.4) is 0 Å². The molecule has 0 bridgehead atoms. The third-order valence-corrected chi connectivity index (χ3v) is 10.4. The average Bonchev–Trinajstić information content (AvgIpc) is 3.08. The van der Waals surface area contributed by atoms with Crippen LogP contribution in [0.5, 0.6) is 5.75 Å². The fourth-order valence-electron chi connectivity index (χ4n) is 6.63. The van der Waals surface area contributed by atoms with Gasteiger partial charge in [-0.3, -0.25) is 0 Å². The van der Waals surface area contributed by atoms with Gasteiger partial charge in [0.05, 0.1) is 22.8 Å². The van der Waals surface area contributed by atoms with Crippen molar-refractivity contribution in [3.8, 4) is 5.75 Å². The SMILES string of the molecule is CCCCCC[B-](c1cccc(C(F)(F)F)c1)(c1cccc(C(F)(F)F)c1)c1cccc(C(F)(F)F)c1.C[S+](C)c1ccc(O)c2ccccc12. The first kappa shape index (κ1) is 39.7. The van der Waals surface area contributed by atoms with Crippen LogP contribution in [-0.2, 0) is 29.4 Å². The van der Waals surface area contributed by atoms with E-state index in [1.807, 2.05) is 31.2 Å². The van der Waals surface area contributed by atoms with Crippen LogP contribution in [0, 0.1) is 0 Å². The number of hydrogen-bond donors (Lipinski definition) is 1. The molecular weight excluding hydrogens is 698 g/mol. The first-order valence-corrected chi connectivity index (χ1v) is 18.4. The van der Waals surface area contributed by atoms with E-state index in [1.165, 1.54) is 28.5 Å². The molecule has 0 unspecified atom stereocenters. The third-order valence-electron chi connectivity index (χ3n) is 9.14. The molecule has 0 saturated heterocycles. The Hall–Kier alpha value is -4.06. The molecule has 5 aromatic rings. The monoisotopic (exact) mass is 736 g/mol. The Bertz CT molecular complexity index is 1780. The fraction of sp³-hybridized carbons (Fsp3) is 0.282. The standard InChI is InChI=1S/C27H25BF9.C12H12OS/c1-2-3-4-5-15-28(22-12-6-9-19(16-22)25(29,30)31,23-13-7-10-20(17-23)26(32,33)34)24-14-8-11-21(18-24)27(35,36)37;1-14(2)12-8-7-11(13)9-5-3-4-6-10(9)12/h6-14,16-18H,2-5,15H2,1H3;3-8H,1-2H3/q-1;/p+1. The Kier molecular flexibility index (Phi) is 12.5. The molecule has 0 amide bonds. The number of phenols is 1. The second-order valence-corrected chi connectivity index (χ2v) is 14.8. The summed E-state index contributed by atoms with van der Waals surface area (Å²) in [7, 11) is 0.227. The number of unbranched alkanes of at least 4 members (excludes halogenated alkanes) is 3. The molecule has 0 heterocycles. The predicted octanol–water partition coefficient (Wildman–Crippen LogP) is 10.6. The van der Waals surface area contributed by atoms with Gasteiger partial charge in [-0.1, -0.05) is 124 Å². The molecule has 0 fully saturated rings. The molecule has 0 saturated carbocycles. The smallest absolute Gasteiger partial charge is 0.416 e. The van der Waals surface area contributed by atoms with Gasteiger partial charge in [0.1, 0.15) is 18.3 Å². The molecule has 12 heteroatoms. The van der Waals surface area contributed by atoms with Gasteiger partial charge >= 0.3 is 18.5 Å². The Labute approximate surface area is 294 Å². The first-order chi connectivity index (χ1) is 23.9. The second kappa shape index (κ2) is 16.1. The highest BCUT2D eigenvalue weighted by molar-refractivity contribution is 7.95. The van der Waals surface area contributed by atoms with Crippen molar-refractivity contribution in [2.45, 2.75) is 62.4 Å². The highest BCUT2D eigenvalue weighted by atomic mass is 32.2. The zero-order valence-electron chi connectivity index (χ0n) is 28.3. The number of hydrogen-bond acceptors (Lipinski definition) is 1. The molecule has 0 aromatic heterocycles. The summed E-state index contributed by atoms with van der Waals surface area (Å²) in [5, 5.41) is 11.8. The van der Waals surface area contributed by atoms with Gasteiger partial charge in [-0.15, -0.1) is 0 Å². The summed E-state index contributed by atoms with van der Waals surface area (Å²) in [5.74, 6) is 0.370. The molecule has 1 N–H and O–H groups in total. The minimum atomic E-state index is -4.75. The van der Waals surface area contributed by atoms with Crippen molar-refractivity contribution in [2.75, 3.05) is 12.5 Å². The maximum absolute atomic E-state index is 13.7. The Morgan fingerprint density at radius 1 is 0.529 bits per heavy atom. The van der Waals surface area contributed by atoms with Crippen LogP contribution >= 0.6 is 0 Å². The van der Waals surface area contributed by atoms with Crippen molar-refractivity contribution in [3.63, 3.8) is 0 Å². The molecule has 0 aliphatic rings. The van der Waals surface area contributed by atoms with E-state index in [2.05, 4.69) is 18.6 Å². The summed E-state index contributed by atoms with van der Waals surface area (Å²) in [4.78, 5) is 1.32. The van der Waals surface area contributed by atoms with Crippen LogP contribution in [0.15, 0.2) is 114 Å². The van der Waals surface area contributed by atoms with Gasteiger partial charge in [0.15, 0.2) is 4.90 Å². The van der Waals surface area contributed by atoms with Crippen LogP contribution in [0.1, 0.15) is 49.3 Å². The predicted molar refractivity (Wildman–Crippen MR) is 191 cm³/mol. The van der Waals surface area contributed by atoms with Crippen molar-refractivity contribution in [1.29, 1.82) is 0 Å². The normalized spacial score (nSPS) is 12.6. The van der Waals surface area contributed by atoms with E-state index in [0.29, 0.717) is 18.6 Å². The average molecular weight is 737 g/mol. The van der Waals surface area contributed by atoms with E-state index < -0.39 is 41.4 Å². The third kappa shape index (κ3) is 9.44. The summed E-state index contributed by atoms with van der Waals surface area (Å²) in [6.45, 7) is 1.94. The lowest BCUT2D eigenvalue weighted by Crippen LogP contribution is -2.67. The van der Waals surface area contributed by atoms with Gasteiger partial charge in [0.25, 0.3) is 0 Å². The zero-order chi connectivity index (χ0) is 37.6. The van der Waals surface area contributed by atoms with E-state index >= 15 is 0 Å². The molecule has 5 aromatic carbocycles. The fourth-order valence-corrected chi connectivity index (χ4v) is 7.59. The van der Waals surface area contributed by atoms with Crippen LogP contribution in [0.25, 0.3) is 10.8 Å². The van der Waals surface area contributed by atoms with Gasteiger partial charge in [0, 0.05) is 21.7 Å². The zero-order valence-corrected chi connectivity index (χ0v) is 29.1. The minimum absolute atomic E-state index is 0.0324.